The summed E-state index contributed by atoms with van der Waals surface area (Å²) >= 11 is 0. The summed E-state index contributed by atoms with van der Waals surface area (Å²) in [5.41, 5.74) is 1.82. The number of rotatable bonds is 6. The van der Waals surface area contributed by atoms with Gasteiger partial charge in [0.1, 0.15) is 0 Å². The van der Waals surface area contributed by atoms with Crippen molar-refractivity contribution >= 4 is 15.9 Å². The van der Waals surface area contributed by atoms with Gasteiger partial charge in [-0.05, 0) is 36.0 Å². The standard InChI is InChI=1S/C17H26N2O3S/c1-17(2,3)14-7-5-13(6-8-14)16(20)18-11-12-19(15-9-10-15)23(4,21)22/h5-8,15H,9-12H2,1-4H3,(H,18,20). The highest BCUT2D eigenvalue weighted by atomic mass is 32.2. The smallest absolute Gasteiger partial charge is 0.251 e. The van der Waals surface area contributed by atoms with Gasteiger partial charge in [-0.1, -0.05) is 32.9 Å². The number of amides is 1. The fourth-order valence-corrected chi connectivity index (χ4v) is 3.66. The maximum absolute atomic E-state index is 12.1. The number of nitrogens with one attached hydrogen (secondary N) is 1. The molecule has 5 nitrogen and oxygen atoms in total. The predicted molar refractivity (Wildman–Crippen MR) is 92.0 cm³/mol. The van der Waals surface area contributed by atoms with Crippen molar-refractivity contribution in [2.24, 2.45) is 0 Å². The molecule has 23 heavy (non-hydrogen) atoms. The SMILES string of the molecule is CC(C)(C)c1ccc(C(=O)NCCN(C2CC2)S(C)(=O)=O)cc1. The van der Waals surface area contributed by atoms with Gasteiger partial charge in [0.2, 0.25) is 10.0 Å². The van der Waals surface area contributed by atoms with Gasteiger partial charge in [-0.2, -0.15) is 4.31 Å². The second kappa shape index (κ2) is 6.61. The van der Waals surface area contributed by atoms with E-state index in [0.717, 1.165) is 12.8 Å². The Balaban J connectivity index is 1.89. The molecule has 0 aromatic heterocycles. The summed E-state index contributed by atoms with van der Waals surface area (Å²) in [6.07, 6.45) is 3.04. The molecule has 1 aliphatic rings. The Kier molecular flexibility index (Phi) is 5.16. The van der Waals surface area contributed by atoms with Crippen molar-refractivity contribution < 1.29 is 13.2 Å². The van der Waals surface area contributed by atoms with E-state index in [9.17, 15) is 13.2 Å². The Labute approximate surface area is 139 Å². The lowest BCUT2D eigenvalue weighted by Crippen LogP contribution is -2.39. The summed E-state index contributed by atoms with van der Waals surface area (Å²) in [6.45, 7) is 7.03. The van der Waals surface area contributed by atoms with Crippen LogP contribution in [-0.4, -0.2) is 44.0 Å². The highest BCUT2D eigenvalue weighted by Gasteiger charge is 2.34. The van der Waals surface area contributed by atoms with Gasteiger partial charge in [0, 0.05) is 24.7 Å². The molecule has 0 heterocycles. The molecule has 1 aromatic rings. The van der Waals surface area contributed by atoms with Crippen LogP contribution in [0.25, 0.3) is 0 Å². The molecule has 6 heteroatoms. The van der Waals surface area contributed by atoms with Crippen LogP contribution in [0.5, 0.6) is 0 Å². The van der Waals surface area contributed by atoms with E-state index >= 15 is 0 Å². The Morgan fingerprint density at radius 1 is 1.22 bits per heavy atom. The van der Waals surface area contributed by atoms with Crippen molar-refractivity contribution in [2.45, 2.75) is 45.1 Å². The zero-order valence-corrected chi connectivity index (χ0v) is 15.1. The van der Waals surface area contributed by atoms with Crippen molar-refractivity contribution in [3.05, 3.63) is 35.4 Å². The maximum atomic E-state index is 12.1. The zero-order chi connectivity index (χ0) is 17.3. The van der Waals surface area contributed by atoms with Crippen molar-refractivity contribution in [3.8, 4) is 0 Å². The third-order valence-electron chi connectivity index (χ3n) is 4.01. The Bertz CT molecular complexity index is 656. The first-order valence-electron chi connectivity index (χ1n) is 7.94. The number of carbonyl (C=O) groups excluding carboxylic acids is 1. The highest BCUT2D eigenvalue weighted by molar-refractivity contribution is 7.88. The summed E-state index contributed by atoms with van der Waals surface area (Å²) in [5.74, 6) is -0.172. The van der Waals surface area contributed by atoms with Crippen LogP contribution in [0.3, 0.4) is 0 Å². The zero-order valence-electron chi connectivity index (χ0n) is 14.3. The van der Waals surface area contributed by atoms with Crippen LogP contribution >= 0.6 is 0 Å². The average Bonchev–Trinajstić information content (AvgIpc) is 3.25. The molecule has 0 saturated heterocycles. The Morgan fingerprint density at radius 3 is 2.22 bits per heavy atom. The van der Waals surface area contributed by atoms with Crippen LogP contribution in [0, 0.1) is 0 Å². The van der Waals surface area contributed by atoms with Gasteiger partial charge in [0.25, 0.3) is 5.91 Å². The summed E-state index contributed by atoms with van der Waals surface area (Å²) < 4.78 is 24.9. The molecular formula is C17H26N2O3S. The summed E-state index contributed by atoms with van der Waals surface area (Å²) in [7, 11) is -3.20. The molecule has 1 fully saturated rings. The molecule has 1 aliphatic carbocycles. The third kappa shape index (κ3) is 5.04. The van der Waals surface area contributed by atoms with Gasteiger partial charge in [-0.25, -0.2) is 8.42 Å². The van der Waals surface area contributed by atoms with Gasteiger partial charge in [-0.15, -0.1) is 0 Å². The number of nitrogens with zero attached hydrogens (tertiary/aromatic N) is 1. The number of benzene rings is 1. The molecule has 128 valence electrons. The fourth-order valence-electron chi connectivity index (χ4n) is 2.48. The van der Waals surface area contributed by atoms with E-state index in [-0.39, 0.29) is 17.4 Å². The molecule has 0 radical (unpaired) electrons. The molecule has 0 aliphatic heterocycles. The lowest BCUT2D eigenvalue weighted by molar-refractivity contribution is 0.0951. The van der Waals surface area contributed by atoms with Gasteiger partial charge in [0.15, 0.2) is 0 Å². The lowest BCUT2D eigenvalue weighted by Gasteiger charge is -2.20. The first-order valence-corrected chi connectivity index (χ1v) is 9.79. The van der Waals surface area contributed by atoms with E-state index in [1.54, 1.807) is 0 Å². The number of hydrogen-bond donors (Lipinski definition) is 1. The van der Waals surface area contributed by atoms with E-state index in [0.29, 0.717) is 18.7 Å². The van der Waals surface area contributed by atoms with Gasteiger partial charge < -0.3 is 5.32 Å². The van der Waals surface area contributed by atoms with Gasteiger partial charge >= 0.3 is 0 Å². The second-order valence-electron chi connectivity index (χ2n) is 7.19. The maximum Gasteiger partial charge on any atom is 0.251 e. The summed E-state index contributed by atoms with van der Waals surface area (Å²) in [4.78, 5) is 12.1. The third-order valence-corrected chi connectivity index (χ3v) is 5.34. The molecule has 1 saturated carbocycles. The second-order valence-corrected chi connectivity index (χ2v) is 9.12. The van der Waals surface area contributed by atoms with Crippen LogP contribution in [0.1, 0.15) is 49.5 Å². The predicted octanol–water partition coefficient (Wildman–Crippen LogP) is 2.14. The number of carbonyl (C=O) groups is 1. The molecule has 1 N–H and O–H groups in total. The van der Waals surface area contributed by atoms with E-state index in [1.165, 1.54) is 16.1 Å². The largest absolute Gasteiger partial charge is 0.351 e. The fraction of sp³-hybridized carbons (Fsp3) is 0.588. The van der Waals surface area contributed by atoms with Crippen LogP contribution in [0.4, 0.5) is 0 Å². The average molecular weight is 338 g/mol. The van der Waals surface area contributed by atoms with E-state index < -0.39 is 10.0 Å². The quantitative estimate of drug-likeness (QED) is 0.864. The minimum atomic E-state index is -3.20. The van der Waals surface area contributed by atoms with Crippen molar-refractivity contribution in [1.29, 1.82) is 0 Å². The summed E-state index contributed by atoms with van der Waals surface area (Å²) in [6, 6.07) is 7.66. The van der Waals surface area contributed by atoms with E-state index in [4.69, 9.17) is 0 Å². The van der Waals surface area contributed by atoms with Crippen molar-refractivity contribution in [3.63, 3.8) is 0 Å². The Morgan fingerprint density at radius 2 is 1.78 bits per heavy atom. The molecule has 0 unspecified atom stereocenters. The molecular weight excluding hydrogens is 312 g/mol. The van der Waals surface area contributed by atoms with E-state index in [1.807, 2.05) is 24.3 Å². The molecule has 1 amide bonds. The lowest BCUT2D eigenvalue weighted by atomic mass is 9.87. The van der Waals surface area contributed by atoms with E-state index in [2.05, 4.69) is 26.1 Å². The topological polar surface area (TPSA) is 66.5 Å². The Hall–Kier alpha value is -1.40. The van der Waals surface area contributed by atoms with Crippen LogP contribution in [-0.2, 0) is 15.4 Å². The van der Waals surface area contributed by atoms with Gasteiger partial charge in [-0.3, -0.25) is 4.79 Å². The molecule has 2 rings (SSSR count). The first-order chi connectivity index (χ1) is 10.6. The van der Waals surface area contributed by atoms with Gasteiger partial charge in [0.05, 0.1) is 6.26 Å². The van der Waals surface area contributed by atoms with Crippen molar-refractivity contribution in [1.82, 2.24) is 9.62 Å². The molecule has 0 atom stereocenters. The molecule has 0 spiro atoms. The van der Waals surface area contributed by atoms with Crippen LogP contribution in [0.2, 0.25) is 0 Å². The number of hydrogen-bond acceptors (Lipinski definition) is 3. The molecule has 0 bridgehead atoms. The normalized spacial score (nSPS) is 15.7. The highest BCUT2D eigenvalue weighted by Crippen LogP contribution is 2.28. The van der Waals surface area contributed by atoms with Crippen molar-refractivity contribution in [2.75, 3.05) is 19.3 Å². The summed E-state index contributed by atoms with van der Waals surface area (Å²) in [5, 5.41) is 2.80. The van der Waals surface area contributed by atoms with Crippen LogP contribution in [0.15, 0.2) is 24.3 Å². The van der Waals surface area contributed by atoms with Crippen LogP contribution < -0.4 is 5.32 Å². The first kappa shape index (κ1) is 17.9. The number of sulfonamides is 1. The molecule has 1 aromatic carbocycles. The minimum absolute atomic E-state index is 0.0509. The minimum Gasteiger partial charge on any atom is -0.351 e. The monoisotopic (exact) mass is 338 g/mol.